The molecular weight excluding hydrogens is 278 g/mol. The molecule has 0 aliphatic heterocycles. The number of rotatable bonds is 5. The summed E-state index contributed by atoms with van der Waals surface area (Å²) in [4.78, 5) is 32.3. The fourth-order valence-corrected chi connectivity index (χ4v) is 1.55. The molecule has 102 valence electrons. The number of ketones is 1. The minimum absolute atomic E-state index is 0.182. The van der Waals surface area contributed by atoms with Gasteiger partial charge in [0.15, 0.2) is 11.9 Å². The predicted molar refractivity (Wildman–Crippen MR) is 65.3 cm³/mol. The van der Waals surface area contributed by atoms with Crippen molar-refractivity contribution in [1.82, 2.24) is 0 Å². The molecule has 0 aromatic heterocycles. The third-order valence-corrected chi connectivity index (χ3v) is 2.59. The Kier molecular flexibility index (Phi) is 4.57. The van der Waals surface area contributed by atoms with Gasteiger partial charge in [-0.3, -0.25) is 14.9 Å². The molecule has 0 aliphatic rings. The minimum Gasteiger partial charge on any atom is -0.479 e. The molecule has 0 bridgehead atoms. The zero-order chi connectivity index (χ0) is 14.7. The molecule has 2 unspecified atom stereocenters. The van der Waals surface area contributed by atoms with E-state index < -0.39 is 33.8 Å². The van der Waals surface area contributed by atoms with Crippen molar-refractivity contribution in [2.75, 3.05) is 0 Å². The first-order valence-corrected chi connectivity index (χ1v) is 5.56. The van der Waals surface area contributed by atoms with Crippen molar-refractivity contribution >= 4 is 29.0 Å². The van der Waals surface area contributed by atoms with Crippen LogP contribution in [0.4, 0.5) is 5.69 Å². The Morgan fingerprint density at radius 1 is 1.42 bits per heavy atom. The number of alkyl halides is 1. The number of nitro benzene ring substituents is 1. The van der Waals surface area contributed by atoms with E-state index in [-0.39, 0.29) is 11.1 Å². The Balaban J connectivity index is 3.34. The van der Waals surface area contributed by atoms with Crippen LogP contribution in [-0.2, 0) is 4.79 Å². The number of aliphatic hydroxyl groups is 1. The number of carbonyl (C=O) groups excluding carboxylic acids is 1. The van der Waals surface area contributed by atoms with Crippen molar-refractivity contribution in [3.05, 3.63) is 39.4 Å². The van der Waals surface area contributed by atoms with Gasteiger partial charge in [0, 0.05) is 6.07 Å². The highest BCUT2D eigenvalue weighted by Gasteiger charge is 2.26. The van der Waals surface area contributed by atoms with Crippen molar-refractivity contribution in [2.24, 2.45) is 0 Å². The van der Waals surface area contributed by atoms with Gasteiger partial charge in [-0.2, -0.15) is 0 Å². The minimum atomic E-state index is -1.89. The molecule has 7 nitrogen and oxygen atoms in total. The summed E-state index contributed by atoms with van der Waals surface area (Å²) in [5.74, 6) is -2.19. The number of carboxylic acid groups (broad SMARTS) is 1. The van der Waals surface area contributed by atoms with Crippen molar-refractivity contribution in [3.8, 4) is 0 Å². The van der Waals surface area contributed by atoms with E-state index in [1.54, 1.807) is 0 Å². The number of carbonyl (C=O) groups is 2. The second-order valence-corrected chi connectivity index (χ2v) is 4.41. The molecule has 1 aromatic rings. The Labute approximate surface area is 112 Å². The summed E-state index contributed by atoms with van der Waals surface area (Å²) in [5.41, 5.74) is -0.998. The first-order chi connectivity index (χ1) is 8.75. The molecule has 0 amide bonds. The first-order valence-electron chi connectivity index (χ1n) is 5.13. The molecule has 8 heteroatoms. The van der Waals surface area contributed by atoms with E-state index in [1.165, 1.54) is 6.92 Å². The van der Waals surface area contributed by atoms with Crippen LogP contribution in [0.5, 0.6) is 0 Å². The third kappa shape index (κ3) is 3.27. The van der Waals surface area contributed by atoms with Crippen LogP contribution < -0.4 is 0 Å². The summed E-state index contributed by atoms with van der Waals surface area (Å²) in [6, 6.07) is 3.07. The topological polar surface area (TPSA) is 118 Å². The SMILES string of the molecule is CC(Cl)C(=O)c1ccc(C(O)C(=O)O)cc1[N+](=O)[O-]. The molecule has 1 rings (SSSR count). The second kappa shape index (κ2) is 5.77. The van der Waals surface area contributed by atoms with Crippen LogP contribution in [0.3, 0.4) is 0 Å². The summed E-state index contributed by atoms with van der Waals surface area (Å²) in [7, 11) is 0. The molecule has 1 aromatic carbocycles. The summed E-state index contributed by atoms with van der Waals surface area (Å²) in [6.07, 6.45) is -1.89. The number of halogens is 1. The highest BCUT2D eigenvalue weighted by Crippen LogP contribution is 2.26. The normalized spacial score (nSPS) is 13.6. The fourth-order valence-electron chi connectivity index (χ4n) is 1.44. The summed E-state index contributed by atoms with van der Waals surface area (Å²) in [6.45, 7) is 1.37. The number of Topliss-reactive ketones (excluding diaryl/α,β-unsaturated/α-hetero) is 1. The number of hydrogen-bond acceptors (Lipinski definition) is 5. The maximum Gasteiger partial charge on any atom is 0.337 e. The highest BCUT2D eigenvalue weighted by molar-refractivity contribution is 6.34. The van der Waals surface area contributed by atoms with Gasteiger partial charge in [-0.15, -0.1) is 11.6 Å². The highest BCUT2D eigenvalue weighted by atomic mass is 35.5. The number of benzene rings is 1. The van der Waals surface area contributed by atoms with Crippen LogP contribution in [-0.4, -0.2) is 32.3 Å². The van der Waals surface area contributed by atoms with Gasteiger partial charge in [0.2, 0.25) is 0 Å². The number of aliphatic hydroxyl groups excluding tert-OH is 1. The maximum atomic E-state index is 11.7. The fraction of sp³-hybridized carbons (Fsp3) is 0.273. The third-order valence-electron chi connectivity index (χ3n) is 2.39. The predicted octanol–water partition coefficient (Wildman–Crippen LogP) is 1.52. The van der Waals surface area contributed by atoms with E-state index in [1.807, 2.05) is 0 Å². The van der Waals surface area contributed by atoms with Gasteiger partial charge >= 0.3 is 5.97 Å². The number of nitro groups is 1. The molecule has 19 heavy (non-hydrogen) atoms. The molecular formula is C11H10ClNO6. The molecule has 2 N–H and O–H groups in total. The Bertz CT molecular complexity index is 542. The first kappa shape index (κ1) is 15.1. The summed E-state index contributed by atoms with van der Waals surface area (Å²) in [5, 5.41) is 27.9. The van der Waals surface area contributed by atoms with Crippen LogP contribution in [0.15, 0.2) is 18.2 Å². The summed E-state index contributed by atoms with van der Waals surface area (Å²) < 4.78 is 0. The standard InChI is InChI=1S/C11H10ClNO6/c1-5(12)9(14)7-3-2-6(10(15)11(16)17)4-8(7)13(18)19/h2-5,10,15H,1H3,(H,16,17). The Morgan fingerprint density at radius 2 is 2.00 bits per heavy atom. The van der Waals surface area contributed by atoms with Gasteiger partial charge in [0.05, 0.1) is 15.9 Å². The molecule has 0 heterocycles. The molecule has 0 saturated heterocycles. The number of hydrogen-bond donors (Lipinski definition) is 2. The van der Waals surface area contributed by atoms with E-state index in [4.69, 9.17) is 16.7 Å². The lowest BCUT2D eigenvalue weighted by molar-refractivity contribution is -0.385. The lowest BCUT2D eigenvalue weighted by atomic mass is 10.0. The van der Waals surface area contributed by atoms with E-state index >= 15 is 0 Å². The van der Waals surface area contributed by atoms with Crippen molar-refractivity contribution < 1.29 is 24.7 Å². The zero-order valence-corrected chi connectivity index (χ0v) is 10.5. The number of carboxylic acids is 1. The van der Waals surface area contributed by atoms with Gasteiger partial charge in [0.1, 0.15) is 0 Å². The van der Waals surface area contributed by atoms with Crippen LogP contribution in [0.1, 0.15) is 28.9 Å². The zero-order valence-electron chi connectivity index (χ0n) is 9.74. The average molecular weight is 288 g/mol. The van der Waals surface area contributed by atoms with Crippen LogP contribution in [0, 0.1) is 10.1 Å². The van der Waals surface area contributed by atoms with E-state index in [2.05, 4.69) is 0 Å². The van der Waals surface area contributed by atoms with E-state index in [9.17, 15) is 24.8 Å². The Morgan fingerprint density at radius 3 is 2.42 bits per heavy atom. The smallest absolute Gasteiger partial charge is 0.337 e. The maximum absolute atomic E-state index is 11.7. The van der Waals surface area contributed by atoms with Crippen LogP contribution in [0.25, 0.3) is 0 Å². The number of nitrogens with zero attached hydrogens (tertiary/aromatic N) is 1. The quantitative estimate of drug-likeness (QED) is 0.367. The Hall–Kier alpha value is -1.99. The largest absolute Gasteiger partial charge is 0.479 e. The van der Waals surface area contributed by atoms with Crippen molar-refractivity contribution in [3.63, 3.8) is 0 Å². The van der Waals surface area contributed by atoms with Crippen LogP contribution >= 0.6 is 11.6 Å². The van der Waals surface area contributed by atoms with Crippen molar-refractivity contribution in [1.29, 1.82) is 0 Å². The van der Waals surface area contributed by atoms with Gasteiger partial charge in [0.25, 0.3) is 5.69 Å². The van der Waals surface area contributed by atoms with Gasteiger partial charge < -0.3 is 10.2 Å². The lowest BCUT2D eigenvalue weighted by Gasteiger charge is -2.08. The number of aliphatic carboxylic acids is 1. The molecule has 0 spiro atoms. The summed E-state index contributed by atoms with van der Waals surface area (Å²) >= 11 is 5.58. The molecule has 0 saturated carbocycles. The van der Waals surface area contributed by atoms with Crippen LogP contribution in [0.2, 0.25) is 0 Å². The van der Waals surface area contributed by atoms with E-state index in [0.717, 1.165) is 18.2 Å². The lowest BCUT2D eigenvalue weighted by Crippen LogP contribution is -2.15. The van der Waals surface area contributed by atoms with Crippen molar-refractivity contribution in [2.45, 2.75) is 18.4 Å². The second-order valence-electron chi connectivity index (χ2n) is 3.75. The van der Waals surface area contributed by atoms with Gasteiger partial charge in [-0.25, -0.2) is 4.79 Å². The van der Waals surface area contributed by atoms with Gasteiger partial charge in [-0.1, -0.05) is 6.07 Å². The molecule has 0 fully saturated rings. The molecule has 0 aliphatic carbocycles. The van der Waals surface area contributed by atoms with Gasteiger partial charge in [-0.05, 0) is 18.6 Å². The monoisotopic (exact) mass is 287 g/mol. The molecule has 2 atom stereocenters. The average Bonchev–Trinajstić information content (AvgIpc) is 2.35. The molecule has 0 radical (unpaired) electrons. The van der Waals surface area contributed by atoms with E-state index in [0.29, 0.717) is 0 Å².